The minimum Gasteiger partial charge on any atom is -0.184 e. The summed E-state index contributed by atoms with van der Waals surface area (Å²) in [5.74, 6) is 0. The molecule has 0 spiro atoms. The van der Waals surface area contributed by atoms with Gasteiger partial charge in [-0.1, -0.05) is 76.2 Å². The Bertz CT molecular complexity index is 1240. The molecule has 0 unspecified atom stereocenters. The SMILES string of the molecule is CCc1ccc(C2=CC[C-]=C2C)cc1.CCc1ccc(C2=CC[C-]=C2C)cc1.Cl.Cl.[SiH2]=[Zr].[c-]1ccccc1.[c-]1ccccc1. The van der Waals surface area contributed by atoms with Gasteiger partial charge in [0, 0.05) is 0 Å². The van der Waals surface area contributed by atoms with E-state index in [0.29, 0.717) is 0 Å². The molecule has 230 valence electrons. The van der Waals surface area contributed by atoms with Crippen molar-refractivity contribution in [3.8, 4) is 0 Å². The summed E-state index contributed by atoms with van der Waals surface area (Å²) in [6.45, 7) is 10.6. The van der Waals surface area contributed by atoms with Crippen LogP contribution >= 0.6 is 24.8 Å². The Balaban J connectivity index is 0.000000576. The van der Waals surface area contributed by atoms with Gasteiger partial charge in [0.2, 0.25) is 0 Å². The average Bonchev–Trinajstić information content (AvgIpc) is 3.72. The molecule has 0 heterocycles. The summed E-state index contributed by atoms with van der Waals surface area (Å²) in [5.41, 5.74) is 10.7. The molecule has 2 aliphatic carbocycles. The third-order valence-electron chi connectivity index (χ3n) is 6.72. The molecule has 0 aliphatic heterocycles. The maximum absolute atomic E-state index is 3.32. The quantitative estimate of drug-likeness (QED) is 0.146. The van der Waals surface area contributed by atoms with Gasteiger partial charge in [0.1, 0.15) is 0 Å². The molecule has 0 saturated carbocycles. The van der Waals surface area contributed by atoms with E-state index in [2.05, 4.69) is 113 Å². The van der Waals surface area contributed by atoms with E-state index in [1.165, 1.54) is 44.5 Å². The van der Waals surface area contributed by atoms with Crippen LogP contribution in [-0.2, 0) is 36.2 Å². The van der Waals surface area contributed by atoms with Crippen molar-refractivity contribution in [2.75, 3.05) is 0 Å². The van der Waals surface area contributed by atoms with Crippen molar-refractivity contribution in [3.63, 3.8) is 0 Å². The standard InChI is InChI=1S/2C14H15.2C6H5.2ClH.H2Si.Zr/c2*1-3-12-7-9-13(10-8-12)14-6-4-5-11(14)2;2*1-2-4-6-5-3-1;;;;/h2*6-10H,3-4H2,1-2H3;2*1-5H;2*1H;1H2;/q4*-1;;;;. The summed E-state index contributed by atoms with van der Waals surface area (Å²) in [7, 11) is 0. The van der Waals surface area contributed by atoms with E-state index in [0.717, 1.165) is 25.7 Å². The van der Waals surface area contributed by atoms with Crippen LogP contribution < -0.4 is 0 Å². The molecule has 0 saturated heterocycles. The smallest absolute Gasteiger partial charge is 0.171 e. The van der Waals surface area contributed by atoms with Gasteiger partial charge in [-0.05, 0) is 24.0 Å². The monoisotopic (exact) mass is 712 g/mol. The molecule has 0 amide bonds. The molecule has 4 heteroatoms. The summed E-state index contributed by atoms with van der Waals surface area (Å²) in [6, 6.07) is 42.7. The molecule has 6 rings (SSSR count). The van der Waals surface area contributed by atoms with Crippen LogP contribution in [0.1, 0.15) is 62.8 Å². The third-order valence-corrected chi connectivity index (χ3v) is 6.72. The number of benzene rings is 4. The molecule has 4 aromatic rings. The molecule has 4 aromatic carbocycles. The van der Waals surface area contributed by atoms with Crippen molar-refractivity contribution in [2.24, 2.45) is 0 Å². The molecule has 0 aromatic heterocycles. The van der Waals surface area contributed by atoms with Crippen molar-refractivity contribution in [1.82, 2.24) is 0 Å². The number of allylic oxidation sites excluding steroid dienone is 8. The average molecular weight is 715 g/mol. The predicted molar refractivity (Wildman–Crippen MR) is 195 cm³/mol. The largest absolute Gasteiger partial charge is 0.184 e. The van der Waals surface area contributed by atoms with Crippen LogP contribution in [0.25, 0.3) is 11.1 Å². The Kier molecular flexibility index (Phi) is 24.4. The third kappa shape index (κ3) is 15.5. The molecule has 0 fully saturated rings. The summed E-state index contributed by atoms with van der Waals surface area (Å²) < 4.78 is 0. The first-order valence-electron chi connectivity index (χ1n) is 14.5. The Morgan fingerprint density at radius 2 is 0.864 bits per heavy atom. The van der Waals surface area contributed by atoms with Gasteiger partial charge >= 0.3 is 30.2 Å². The van der Waals surface area contributed by atoms with Gasteiger partial charge in [-0.3, -0.25) is 12.2 Å². The van der Waals surface area contributed by atoms with Crippen LogP contribution in [0, 0.1) is 24.3 Å². The first-order chi connectivity index (χ1) is 20.6. The maximum atomic E-state index is 3.32. The van der Waals surface area contributed by atoms with E-state index in [9.17, 15) is 0 Å². The maximum Gasteiger partial charge on any atom is -0.171 e. The van der Waals surface area contributed by atoms with Crippen LogP contribution in [0.15, 0.2) is 132 Å². The second-order valence-electron chi connectivity index (χ2n) is 9.50. The van der Waals surface area contributed by atoms with Crippen molar-refractivity contribution >= 4 is 42.8 Å². The Morgan fingerprint density at radius 1 is 0.545 bits per heavy atom. The Morgan fingerprint density at radius 3 is 1.05 bits per heavy atom. The van der Waals surface area contributed by atoms with Crippen LogP contribution in [0.5, 0.6) is 0 Å². The zero-order valence-corrected chi connectivity index (χ0v) is 31.9. The van der Waals surface area contributed by atoms with Crippen molar-refractivity contribution in [2.45, 2.75) is 53.4 Å². The van der Waals surface area contributed by atoms with E-state index in [1.807, 2.05) is 67.5 Å². The topological polar surface area (TPSA) is 0 Å². The summed E-state index contributed by atoms with van der Waals surface area (Å²) in [5, 5.41) is 0. The normalized spacial score (nSPS) is 12.0. The molecule has 0 atom stereocenters. The predicted octanol–water partition coefficient (Wildman–Crippen LogP) is 10.5. The number of halogens is 2. The van der Waals surface area contributed by atoms with E-state index < -0.39 is 0 Å². The minimum absolute atomic E-state index is 0. The summed E-state index contributed by atoms with van der Waals surface area (Å²) in [4.78, 5) is 0. The first kappa shape index (κ1) is 41.5. The summed E-state index contributed by atoms with van der Waals surface area (Å²) >= 11 is 1.58. The first-order valence-corrected chi connectivity index (χ1v) is 20.5. The van der Waals surface area contributed by atoms with Gasteiger partial charge in [-0.2, -0.15) is 96.1 Å². The molecule has 2 aliphatic rings. The van der Waals surface area contributed by atoms with Crippen LogP contribution in [0.3, 0.4) is 0 Å². The van der Waals surface area contributed by atoms with Crippen LogP contribution in [-0.4, -0.2) is 6.88 Å². The summed E-state index contributed by atoms with van der Waals surface area (Å²) in [6.07, 6.45) is 15.3. The number of hydrogen-bond donors (Lipinski definition) is 0. The van der Waals surface area contributed by atoms with Gasteiger partial charge in [0.05, 0.1) is 0 Å². The number of rotatable bonds is 4. The van der Waals surface area contributed by atoms with Gasteiger partial charge in [-0.25, -0.2) is 11.1 Å². The molecule has 0 nitrogen and oxygen atoms in total. The molecule has 44 heavy (non-hydrogen) atoms. The van der Waals surface area contributed by atoms with Crippen molar-refractivity contribution in [3.05, 3.63) is 179 Å². The fraction of sp³-hybridized carbons (Fsp3) is 0.200. The Hall–Kier alpha value is -2.48. The van der Waals surface area contributed by atoms with Gasteiger partial charge in [0.15, 0.2) is 0 Å². The number of aryl methyl sites for hydroxylation is 2. The molecule has 0 N–H and O–H groups in total. The van der Waals surface area contributed by atoms with E-state index in [1.54, 1.807) is 23.3 Å². The van der Waals surface area contributed by atoms with Gasteiger partial charge in [0.25, 0.3) is 0 Å². The van der Waals surface area contributed by atoms with Crippen molar-refractivity contribution < 1.29 is 23.3 Å². The molecule has 0 radical (unpaired) electrons. The van der Waals surface area contributed by atoms with Gasteiger partial charge in [-0.15, -0.1) is 48.8 Å². The van der Waals surface area contributed by atoms with E-state index >= 15 is 0 Å². The molecular formula is C40H44Cl2SiZr-4. The zero-order valence-electron chi connectivity index (χ0n) is 26.4. The van der Waals surface area contributed by atoms with Gasteiger partial charge < -0.3 is 0 Å². The fourth-order valence-electron chi connectivity index (χ4n) is 4.30. The zero-order chi connectivity index (χ0) is 30.4. The van der Waals surface area contributed by atoms with Crippen LogP contribution in [0.2, 0.25) is 0 Å². The molecular weight excluding hydrogens is 671 g/mol. The van der Waals surface area contributed by atoms with E-state index in [-0.39, 0.29) is 24.8 Å². The minimum atomic E-state index is 0. The Labute approximate surface area is 296 Å². The molecule has 0 bridgehead atoms. The van der Waals surface area contributed by atoms with Crippen molar-refractivity contribution in [1.29, 1.82) is 0 Å². The van der Waals surface area contributed by atoms with E-state index in [4.69, 9.17) is 0 Å². The second-order valence-corrected chi connectivity index (χ2v) is 9.50. The second kappa shape index (κ2) is 25.8. The van der Waals surface area contributed by atoms with Crippen LogP contribution in [0.4, 0.5) is 0 Å². The fourth-order valence-corrected chi connectivity index (χ4v) is 4.30. The number of hydrogen-bond acceptors (Lipinski definition) is 0.